The summed E-state index contributed by atoms with van der Waals surface area (Å²) in [7, 11) is -11.8. The molecule has 1 rings (SSSR count). The van der Waals surface area contributed by atoms with Crippen LogP contribution < -0.4 is 4.90 Å². The molecule has 1 unspecified atom stereocenters. The fourth-order valence-electron chi connectivity index (χ4n) is 1.87. The molecule has 0 aromatic rings. The molecule has 1 aliphatic heterocycles. The van der Waals surface area contributed by atoms with Crippen molar-refractivity contribution in [3.8, 4) is 0 Å². The minimum atomic E-state index is -6.81. The normalized spacial score (nSPS) is 18.8. The number of alkyl halides is 15. The number of halogens is 15. The summed E-state index contributed by atoms with van der Waals surface area (Å²) in [6.07, 6.45) is -5.84. The van der Waals surface area contributed by atoms with Gasteiger partial charge in [0.25, 0.3) is 0 Å². The Morgan fingerprint density at radius 1 is 0.750 bits per heavy atom. The van der Waals surface area contributed by atoms with E-state index in [1.165, 1.54) is 12.4 Å². The number of quaternary nitrogens is 1. The molecule has 0 aromatic carbocycles. The Morgan fingerprint density at radius 3 is 1.42 bits per heavy atom. The largest absolute Gasteiger partial charge is 0.480 e. The Kier molecular flexibility index (Phi) is 9.75. The maximum Gasteiger partial charge on any atom is 0.480 e. The number of rotatable bonds is 7. The van der Waals surface area contributed by atoms with Gasteiger partial charge in [0.1, 0.15) is 6.20 Å². The lowest BCUT2D eigenvalue weighted by atomic mass is 10.0. The molecule has 1 N–H and O–H groups in total. The Morgan fingerprint density at radius 2 is 1.14 bits per heavy atom. The molecule has 0 saturated carbocycles. The summed E-state index contributed by atoms with van der Waals surface area (Å²) in [4.78, 5) is 1.83. The lowest BCUT2D eigenvalue weighted by Gasteiger charge is -2.34. The van der Waals surface area contributed by atoms with E-state index in [0.29, 0.717) is 4.90 Å². The van der Waals surface area contributed by atoms with Crippen LogP contribution in [0.2, 0.25) is 0 Å². The van der Waals surface area contributed by atoms with Gasteiger partial charge in [-0.05, 0) is 0 Å². The summed E-state index contributed by atoms with van der Waals surface area (Å²) in [5, 5.41) is 0. The molecule has 1 heterocycles. The first kappa shape index (κ1) is 34.3. The Balaban J connectivity index is 0.000000723. The highest BCUT2D eigenvalue weighted by Crippen LogP contribution is 2.54. The molecule has 7 nitrogen and oxygen atoms in total. The molecule has 0 saturated heterocycles. The molecular formula is C12H12F15N3O4S2. The highest BCUT2D eigenvalue weighted by Gasteiger charge is 2.81. The van der Waals surface area contributed by atoms with E-state index in [1.807, 2.05) is 0 Å². The number of hydrogen-bond donors (Lipinski definition) is 1. The Hall–Kier alpha value is -1.69. The monoisotopic (exact) mass is 611 g/mol. The summed E-state index contributed by atoms with van der Waals surface area (Å²) < 4.78 is 222. The lowest BCUT2D eigenvalue weighted by molar-refractivity contribution is -0.826. The van der Waals surface area contributed by atoms with Crippen molar-refractivity contribution in [1.29, 1.82) is 0 Å². The highest BCUT2D eigenvalue weighted by atomic mass is 32.3. The molecular weight excluding hydrogens is 599 g/mol. The molecule has 1 aliphatic rings. The summed E-state index contributed by atoms with van der Waals surface area (Å²) in [6, 6.07) is 0. The Bertz CT molecular complexity index is 958. The third kappa shape index (κ3) is 7.66. The second kappa shape index (κ2) is 10.2. The molecule has 0 aromatic heterocycles. The van der Waals surface area contributed by atoms with Crippen molar-refractivity contribution >= 4 is 20.0 Å². The van der Waals surface area contributed by atoms with E-state index in [4.69, 9.17) is 0 Å². The van der Waals surface area contributed by atoms with Crippen LogP contribution in [0.25, 0.3) is 4.13 Å². The van der Waals surface area contributed by atoms with Gasteiger partial charge in [0.15, 0.2) is 26.7 Å². The van der Waals surface area contributed by atoms with E-state index >= 15 is 0 Å². The van der Waals surface area contributed by atoms with Crippen molar-refractivity contribution in [2.24, 2.45) is 0 Å². The van der Waals surface area contributed by atoms with Crippen LogP contribution in [0.5, 0.6) is 0 Å². The maximum atomic E-state index is 13.2. The standard InChI is InChI=1S/C10H11F9N2.C2F6NO4S2/c1-20-4-5-21(6-20)3-2-7(11,12)8(13,14)9(15,16)10(17,18)19;3-1(4,5)14(10,11)9-15(12,13)2(6,7)8/h4-5H,2-3,6H2,1H3;/q;-1/p+1. The van der Waals surface area contributed by atoms with Crippen LogP contribution in [0.15, 0.2) is 12.4 Å². The predicted octanol–water partition coefficient (Wildman–Crippen LogP) is 3.16. The maximum absolute atomic E-state index is 13.2. The van der Waals surface area contributed by atoms with Crippen molar-refractivity contribution in [1.82, 2.24) is 4.90 Å². The van der Waals surface area contributed by atoms with Crippen LogP contribution in [-0.2, 0) is 20.0 Å². The third-order valence-electron chi connectivity index (χ3n) is 3.73. The molecule has 1 atom stereocenters. The minimum Gasteiger partial charge on any atom is -0.421 e. The van der Waals surface area contributed by atoms with E-state index in [1.54, 1.807) is 7.05 Å². The van der Waals surface area contributed by atoms with Crippen molar-refractivity contribution in [2.75, 3.05) is 20.3 Å². The van der Waals surface area contributed by atoms with E-state index in [0.717, 1.165) is 9.03 Å². The summed E-state index contributed by atoms with van der Waals surface area (Å²) >= 11 is 0. The van der Waals surface area contributed by atoms with Crippen LogP contribution in [0.3, 0.4) is 0 Å². The Labute approximate surface area is 191 Å². The molecule has 216 valence electrons. The van der Waals surface area contributed by atoms with Crippen molar-refractivity contribution in [3.63, 3.8) is 0 Å². The molecule has 36 heavy (non-hydrogen) atoms. The van der Waals surface area contributed by atoms with Crippen LogP contribution in [-0.4, -0.2) is 77.0 Å². The van der Waals surface area contributed by atoms with E-state index < -0.39 is 68.0 Å². The molecule has 0 aliphatic carbocycles. The van der Waals surface area contributed by atoms with Gasteiger partial charge in [-0.1, -0.05) is 0 Å². The summed E-state index contributed by atoms with van der Waals surface area (Å²) in [6.45, 7) is -0.651. The van der Waals surface area contributed by atoms with Crippen LogP contribution in [0, 0.1) is 0 Å². The van der Waals surface area contributed by atoms with Crippen molar-refractivity contribution in [3.05, 3.63) is 16.5 Å². The minimum absolute atomic E-state index is 0.122. The zero-order valence-corrected chi connectivity index (χ0v) is 18.4. The first-order valence-corrected chi connectivity index (χ1v) is 11.1. The predicted molar refractivity (Wildman–Crippen MR) is 86.4 cm³/mol. The van der Waals surface area contributed by atoms with Gasteiger partial charge in [-0.25, -0.2) is 16.8 Å². The van der Waals surface area contributed by atoms with Gasteiger partial charge in [0.2, 0.25) is 0 Å². The second-order valence-electron chi connectivity index (χ2n) is 6.65. The zero-order chi connectivity index (χ0) is 29.4. The van der Waals surface area contributed by atoms with Gasteiger partial charge >= 0.3 is 35.0 Å². The van der Waals surface area contributed by atoms with Crippen molar-refractivity contribution in [2.45, 2.75) is 41.4 Å². The molecule has 0 radical (unpaired) electrons. The van der Waals surface area contributed by atoms with Gasteiger partial charge in [-0.3, -0.25) is 4.90 Å². The zero-order valence-electron chi connectivity index (χ0n) is 16.8. The number of sulfonamides is 2. The molecule has 0 amide bonds. The first-order valence-electron chi connectivity index (χ1n) is 8.24. The van der Waals surface area contributed by atoms with Gasteiger partial charge in [0.05, 0.1) is 13.2 Å². The number of nitrogens with zero attached hydrogens (tertiary/aromatic N) is 2. The van der Waals surface area contributed by atoms with Crippen LogP contribution >= 0.6 is 0 Å². The number of nitrogens with one attached hydrogen (secondary N) is 1. The second-order valence-corrected chi connectivity index (χ2v) is 10.1. The van der Waals surface area contributed by atoms with E-state index in [9.17, 15) is 82.7 Å². The fraction of sp³-hybridized carbons (Fsp3) is 0.833. The van der Waals surface area contributed by atoms with Gasteiger partial charge in [-0.15, -0.1) is 0 Å². The summed E-state index contributed by atoms with van der Waals surface area (Å²) in [5.74, 6) is -18.8. The van der Waals surface area contributed by atoms with E-state index in [-0.39, 0.29) is 6.67 Å². The molecule has 24 heteroatoms. The average molecular weight is 611 g/mol. The first-order chi connectivity index (χ1) is 15.4. The topological polar surface area (TPSA) is 90.1 Å². The quantitative estimate of drug-likeness (QED) is 0.447. The van der Waals surface area contributed by atoms with Gasteiger partial charge in [-0.2, -0.15) is 65.9 Å². The smallest absolute Gasteiger partial charge is 0.421 e. The average Bonchev–Trinajstić information content (AvgIpc) is 3.02. The SMILES string of the molecule is C[NH+]1C=CN(CCC(F)(F)C(F)(F)C(F)(F)C(F)(F)F)C1.O=S(=O)([N-]S(=O)(=O)C(F)(F)F)C(F)(F)F. The lowest BCUT2D eigenvalue weighted by Crippen LogP contribution is -3.03. The molecule has 0 bridgehead atoms. The van der Waals surface area contributed by atoms with Crippen LogP contribution in [0.1, 0.15) is 6.42 Å². The molecule has 0 fully saturated rings. The number of hydrogen-bond acceptors (Lipinski definition) is 5. The highest BCUT2D eigenvalue weighted by molar-refractivity contribution is 8.13. The fourth-order valence-corrected chi connectivity index (χ4v) is 3.58. The van der Waals surface area contributed by atoms with Gasteiger partial charge < -0.3 is 9.03 Å². The molecule has 0 spiro atoms. The third-order valence-corrected chi connectivity index (χ3v) is 6.47. The van der Waals surface area contributed by atoms with E-state index in [2.05, 4.69) is 0 Å². The van der Waals surface area contributed by atoms with Gasteiger partial charge in [0, 0.05) is 13.0 Å². The van der Waals surface area contributed by atoms with Crippen molar-refractivity contribution < 1.29 is 87.6 Å². The summed E-state index contributed by atoms with van der Waals surface area (Å²) in [5.41, 5.74) is -12.4. The van der Waals surface area contributed by atoms with Crippen LogP contribution in [0.4, 0.5) is 65.9 Å².